The fourth-order valence-corrected chi connectivity index (χ4v) is 2.18. The van der Waals surface area contributed by atoms with Gasteiger partial charge < -0.3 is 5.11 Å². The van der Waals surface area contributed by atoms with E-state index < -0.39 is 5.60 Å². The van der Waals surface area contributed by atoms with Crippen LogP contribution in [0.4, 0.5) is 0 Å². The number of hydrogen-bond donors (Lipinski definition) is 1. The van der Waals surface area contributed by atoms with Gasteiger partial charge in [0.05, 0.1) is 0 Å². The molecule has 2 rings (SSSR count). The molecule has 1 nitrogen and oxygen atoms in total. The second-order valence-electron chi connectivity index (χ2n) is 4.96. The van der Waals surface area contributed by atoms with Crippen LogP contribution in [0.1, 0.15) is 18.1 Å². The maximum Gasteiger partial charge on any atom is 0.114 e. The quantitative estimate of drug-likeness (QED) is 0.793. The zero-order chi connectivity index (χ0) is 14.4. The largest absolute Gasteiger partial charge is 0.380 e. The summed E-state index contributed by atoms with van der Waals surface area (Å²) in [5, 5.41) is 11.1. The smallest absolute Gasteiger partial charge is 0.114 e. The van der Waals surface area contributed by atoms with Gasteiger partial charge in [0.15, 0.2) is 0 Å². The van der Waals surface area contributed by atoms with E-state index in [0.29, 0.717) is 0 Å². The molecule has 0 spiro atoms. The van der Waals surface area contributed by atoms with Crippen molar-refractivity contribution in [2.24, 2.45) is 5.92 Å². The molecule has 20 heavy (non-hydrogen) atoms. The summed E-state index contributed by atoms with van der Waals surface area (Å²) >= 11 is 0. The molecule has 0 saturated carbocycles. The number of hydrogen-bond acceptors (Lipinski definition) is 1. The van der Waals surface area contributed by atoms with E-state index in [1.54, 1.807) is 6.08 Å². The summed E-state index contributed by atoms with van der Waals surface area (Å²) in [5.41, 5.74) is 0.900. The topological polar surface area (TPSA) is 20.2 Å². The molecule has 0 unspecified atom stereocenters. The van der Waals surface area contributed by atoms with Crippen LogP contribution in [0.25, 0.3) is 6.08 Å². The Morgan fingerprint density at radius 2 is 1.55 bits per heavy atom. The molecule has 0 aliphatic carbocycles. The van der Waals surface area contributed by atoms with Crippen molar-refractivity contribution >= 4 is 6.08 Å². The molecule has 102 valence electrons. The Bertz CT molecular complexity index is 571. The van der Waals surface area contributed by atoms with Crippen LogP contribution >= 0.6 is 0 Å². The van der Waals surface area contributed by atoms with Crippen molar-refractivity contribution in [3.63, 3.8) is 0 Å². The molecular formula is C19H20O. The van der Waals surface area contributed by atoms with Crippen molar-refractivity contribution in [3.05, 3.63) is 90.5 Å². The molecule has 0 aliphatic heterocycles. The van der Waals surface area contributed by atoms with Crippen LogP contribution in [0.15, 0.2) is 79.4 Å². The van der Waals surface area contributed by atoms with Gasteiger partial charge in [0.2, 0.25) is 0 Å². The van der Waals surface area contributed by atoms with Crippen LogP contribution in [-0.4, -0.2) is 5.11 Å². The third-order valence-corrected chi connectivity index (χ3v) is 3.61. The summed E-state index contributed by atoms with van der Waals surface area (Å²) in [7, 11) is 0. The second-order valence-corrected chi connectivity index (χ2v) is 4.96. The maximum atomic E-state index is 11.1. The molecule has 2 aromatic rings. The molecule has 0 radical (unpaired) electrons. The van der Waals surface area contributed by atoms with E-state index in [4.69, 9.17) is 0 Å². The Morgan fingerprint density at radius 3 is 2.10 bits per heavy atom. The van der Waals surface area contributed by atoms with Crippen LogP contribution in [0, 0.1) is 5.92 Å². The molecule has 1 N–H and O–H groups in total. The fraction of sp³-hybridized carbons (Fsp3) is 0.158. The summed E-state index contributed by atoms with van der Waals surface area (Å²) in [6, 6.07) is 19.7. The molecular weight excluding hydrogens is 244 g/mol. The van der Waals surface area contributed by atoms with Gasteiger partial charge in [0, 0.05) is 5.92 Å². The highest BCUT2D eigenvalue weighted by atomic mass is 16.3. The molecule has 2 aromatic carbocycles. The Kier molecular flexibility index (Phi) is 4.54. The van der Waals surface area contributed by atoms with Crippen LogP contribution in [0.5, 0.6) is 0 Å². The van der Waals surface area contributed by atoms with Gasteiger partial charge in [-0.1, -0.05) is 79.7 Å². The number of rotatable bonds is 5. The lowest BCUT2D eigenvalue weighted by Gasteiger charge is -2.30. The van der Waals surface area contributed by atoms with Gasteiger partial charge in [0.25, 0.3) is 0 Å². The summed E-state index contributed by atoms with van der Waals surface area (Å²) in [5.74, 6) is -0.0788. The van der Waals surface area contributed by atoms with Crippen LogP contribution < -0.4 is 0 Å². The van der Waals surface area contributed by atoms with E-state index in [1.807, 2.05) is 79.7 Å². The molecule has 1 heteroatoms. The second kappa shape index (κ2) is 6.36. The molecule has 0 heterocycles. The van der Waals surface area contributed by atoms with Crippen LogP contribution in [0.3, 0.4) is 0 Å². The van der Waals surface area contributed by atoms with Gasteiger partial charge in [-0.2, -0.15) is 0 Å². The molecule has 0 fully saturated rings. The van der Waals surface area contributed by atoms with Gasteiger partial charge in [-0.3, -0.25) is 0 Å². The van der Waals surface area contributed by atoms with E-state index in [0.717, 1.165) is 11.1 Å². The molecule has 0 aliphatic rings. The minimum atomic E-state index is -1.04. The summed E-state index contributed by atoms with van der Waals surface area (Å²) in [6.45, 7) is 5.78. The zero-order valence-electron chi connectivity index (χ0n) is 11.7. The maximum absolute atomic E-state index is 11.1. The van der Waals surface area contributed by atoms with Crippen molar-refractivity contribution in [1.29, 1.82) is 0 Å². The standard InChI is InChI=1S/C19H20O/c1-3-16(2)19(20,18-12-8-5-9-13-18)15-14-17-10-6-4-7-11-17/h3-16,20H,1H2,2H3/b15-14+/t16-,19-/m0/s1. The van der Waals surface area contributed by atoms with Crippen molar-refractivity contribution in [2.75, 3.05) is 0 Å². The average Bonchev–Trinajstić information content (AvgIpc) is 2.53. The first kappa shape index (κ1) is 14.3. The van der Waals surface area contributed by atoms with Gasteiger partial charge >= 0.3 is 0 Å². The van der Waals surface area contributed by atoms with E-state index >= 15 is 0 Å². The van der Waals surface area contributed by atoms with Crippen molar-refractivity contribution in [2.45, 2.75) is 12.5 Å². The lowest BCUT2D eigenvalue weighted by atomic mass is 9.81. The third-order valence-electron chi connectivity index (χ3n) is 3.61. The van der Waals surface area contributed by atoms with Gasteiger partial charge in [-0.25, -0.2) is 0 Å². The highest BCUT2D eigenvalue weighted by Gasteiger charge is 2.30. The lowest BCUT2D eigenvalue weighted by Crippen LogP contribution is -2.30. The molecule has 2 atom stereocenters. The minimum absolute atomic E-state index is 0.0788. The highest BCUT2D eigenvalue weighted by Crippen LogP contribution is 2.32. The first-order valence-corrected chi connectivity index (χ1v) is 6.81. The first-order chi connectivity index (χ1) is 9.66. The normalized spacial score (nSPS) is 15.7. The third kappa shape index (κ3) is 3.06. The predicted octanol–water partition coefficient (Wildman–Crippen LogP) is 4.41. The predicted molar refractivity (Wildman–Crippen MR) is 85.2 cm³/mol. The van der Waals surface area contributed by atoms with Crippen molar-refractivity contribution < 1.29 is 5.11 Å². The van der Waals surface area contributed by atoms with Crippen LogP contribution in [0.2, 0.25) is 0 Å². The Balaban J connectivity index is 2.38. The number of benzene rings is 2. The molecule has 0 bridgehead atoms. The molecule has 0 amide bonds. The average molecular weight is 264 g/mol. The van der Waals surface area contributed by atoms with E-state index in [9.17, 15) is 5.11 Å². The van der Waals surface area contributed by atoms with Gasteiger partial charge in [0.1, 0.15) is 5.60 Å². The SMILES string of the molecule is C=C[C@H](C)[C@@](O)(/C=C/c1ccccc1)c1ccccc1. The fourth-order valence-electron chi connectivity index (χ4n) is 2.18. The zero-order valence-corrected chi connectivity index (χ0v) is 11.7. The molecule has 0 saturated heterocycles. The van der Waals surface area contributed by atoms with Crippen molar-refractivity contribution in [3.8, 4) is 0 Å². The summed E-state index contributed by atoms with van der Waals surface area (Å²) in [6.07, 6.45) is 5.58. The minimum Gasteiger partial charge on any atom is -0.380 e. The van der Waals surface area contributed by atoms with E-state index in [-0.39, 0.29) is 5.92 Å². The summed E-state index contributed by atoms with van der Waals surface area (Å²) in [4.78, 5) is 0. The Morgan fingerprint density at radius 1 is 1.00 bits per heavy atom. The highest BCUT2D eigenvalue weighted by molar-refractivity contribution is 5.51. The van der Waals surface area contributed by atoms with E-state index in [1.165, 1.54) is 0 Å². The van der Waals surface area contributed by atoms with Gasteiger partial charge in [-0.15, -0.1) is 6.58 Å². The van der Waals surface area contributed by atoms with Crippen LogP contribution in [-0.2, 0) is 5.60 Å². The Labute approximate surface area is 120 Å². The Hall–Kier alpha value is -2.12. The van der Waals surface area contributed by atoms with Crippen molar-refractivity contribution in [1.82, 2.24) is 0 Å². The summed E-state index contributed by atoms with van der Waals surface area (Å²) < 4.78 is 0. The van der Waals surface area contributed by atoms with E-state index in [2.05, 4.69) is 6.58 Å². The first-order valence-electron chi connectivity index (χ1n) is 6.81. The monoisotopic (exact) mass is 264 g/mol. The lowest BCUT2D eigenvalue weighted by molar-refractivity contribution is 0.0527. The number of aliphatic hydroxyl groups is 1. The van der Waals surface area contributed by atoms with Gasteiger partial charge in [-0.05, 0) is 17.2 Å². The molecule has 0 aromatic heterocycles.